The Labute approximate surface area is 82.5 Å². The van der Waals surface area contributed by atoms with Crippen molar-refractivity contribution in [2.75, 3.05) is 11.9 Å². The molecule has 13 heavy (non-hydrogen) atoms. The standard InChI is InChI=1S/C9H12ClN3/c1-6-4-8(13-9(10)12-6)11-5-7-2-3-7/h4,7H,2-3,5H2,1H3,(H,11,12,13). The van der Waals surface area contributed by atoms with Crippen LogP contribution in [0.3, 0.4) is 0 Å². The largest absolute Gasteiger partial charge is 0.370 e. The van der Waals surface area contributed by atoms with Crippen LogP contribution >= 0.6 is 11.6 Å². The van der Waals surface area contributed by atoms with E-state index >= 15 is 0 Å². The van der Waals surface area contributed by atoms with Crippen LogP contribution in [0.5, 0.6) is 0 Å². The van der Waals surface area contributed by atoms with Crippen molar-refractivity contribution < 1.29 is 0 Å². The minimum Gasteiger partial charge on any atom is -0.370 e. The SMILES string of the molecule is Cc1cc(NCC2CC2)nc(Cl)n1. The van der Waals surface area contributed by atoms with Crippen molar-refractivity contribution >= 4 is 17.4 Å². The number of nitrogens with zero attached hydrogens (tertiary/aromatic N) is 2. The van der Waals surface area contributed by atoms with Gasteiger partial charge in [0.2, 0.25) is 5.28 Å². The third-order valence-corrected chi connectivity index (χ3v) is 2.26. The molecule has 0 bridgehead atoms. The fraction of sp³-hybridized carbons (Fsp3) is 0.556. The van der Waals surface area contributed by atoms with Gasteiger partial charge in [-0.25, -0.2) is 9.97 Å². The summed E-state index contributed by atoms with van der Waals surface area (Å²) in [4.78, 5) is 8.07. The van der Waals surface area contributed by atoms with Gasteiger partial charge in [0.05, 0.1) is 0 Å². The molecule has 4 heteroatoms. The van der Waals surface area contributed by atoms with E-state index in [1.165, 1.54) is 12.8 Å². The summed E-state index contributed by atoms with van der Waals surface area (Å²) >= 11 is 5.72. The summed E-state index contributed by atoms with van der Waals surface area (Å²) in [5.41, 5.74) is 0.901. The third kappa shape index (κ3) is 2.56. The van der Waals surface area contributed by atoms with E-state index in [9.17, 15) is 0 Å². The quantitative estimate of drug-likeness (QED) is 0.756. The molecule has 0 unspecified atom stereocenters. The Bertz CT molecular complexity index is 289. The highest BCUT2D eigenvalue weighted by molar-refractivity contribution is 6.28. The van der Waals surface area contributed by atoms with Crippen LogP contribution in [0.15, 0.2) is 6.07 Å². The van der Waals surface area contributed by atoms with Gasteiger partial charge in [-0.2, -0.15) is 0 Å². The number of hydrogen-bond acceptors (Lipinski definition) is 3. The highest BCUT2D eigenvalue weighted by atomic mass is 35.5. The zero-order chi connectivity index (χ0) is 9.26. The first kappa shape index (κ1) is 8.75. The molecule has 3 nitrogen and oxygen atoms in total. The Morgan fingerprint density at radius 1 is 1.54 bits per heavy atom. The molecule has 1 N–H and O–H groups in total. The van der Waals surface area contributed by atoms with Gasteiger partial charge in [-0.15, -0.1) is 0 Å². The zero-order valence-corrected chi connectivity index (χ0v) is 8.30. The first-order valence-corrected chi connectivity index (χ1v) is 4.87. The van der Waals surface area contributed by atoms with Crippen LogP contribution in [0.2, 0.25) is 5.28 Å². The molecule has 2 rings (SSSR count). The highest BCUT2D eigenvalue weighted by Crippen LogP contribution is 2.28. The molecule has 0 aromatic carbocycles. The molecule has 1 fully saturated rings. The number of aromatic nitrogens is 2. The summed E-state index contributed by atoms with van der Waals surface area (Å²) in [5, 5.41) is 3.57. The van der Waals surface area contributed by atoms with Crippen LogP contribution in [-0.4, -0.2) is 16.5 Å². The summed E-state index contributed by atoms with van der Waals surface area (Å²) in [7, 11) is 0. The summed E-state index contributed by atoms with van der Waals surface area (Å²) in [6.07, 6.45) is 2.68. The number of rotatable bonds is 3. The summed E-state index contributed by atoms with van der Waals surface area (Å²) in [5.74, 6) is 1.68. The molecule has 0 radical (unpaired) electrons. The lowest BCUT2D eigenvalue weighted by Gasteiger charge is -2.04. The van der Waals surface area contributed by atoms with Gasteiger partial charge in [0, 0.05) is 18.3 Å². The molecule has 0 saturated heterocycles. The van der Waals surface area contributed by atoms with Crippen molar-refractivity contribution in [2.45, 2.75) is 19.8 Å². The number of hydrogen-bond donors (Lipinski definition) is 1. The molecule has 1 aromatic heterocycles. The molecule has 70 valence electrons. The van der Waals surface area contributed by atoms with E-state index in [2.05, 4.69) is 15.3 Å². The Kier molecular flexibility index (Phi) is 2.36. The first-order chi connectivity index (χ1) is 6.24. The van der Waals surface area contributed by atoms with Crippen LogP contribution in [0, 0.1) is 12.8 Å². The van der Waals surface area contributed by atoms with Gasteiger partial charge in [0.15, 0.2) is 0 Å². The Morgan fingerprint density at radius 2 is 2.31 bits per heavy atom. The fourth-order valence-electron chi connectivity index (χ4n) is 1.19. The second-order valence-corrected chi connectivity index (χ2v) is 3.83. The average Bonchev–Trinajstić information content (AvgIpc) is 2.81. The van der Waals surface area contributed by atoms with Gasteiger partial charge < -0.3 is 5.32 Å². The van der Waals surface area contributed by atoms with E-state index in [0.717, 1.165) is 24.0 Å². The predicted molar refractivity (Wildman–Crippen MR) is 53.0 cm³/mol. The van der Waals surface area contributed by atoms with Gasteiger partial charge in [-0.3, -0.25) is 0 Å². The maximum absolute atomic E-state index is 5.72. The molecule has 1 aliphatic rings. The third-order valence-electron chi connectivity index (χ3n) is 2.10. The van der Waals surface area contributed by atoms with Gasteiger partial charge in [0.1, 0.15) is 5.82 Å². The van der Waals surface area contributed by atoms with E-state index in [1.807, 2.05) is 13.0 Å². The van der Waals surface area contributed by atoms with Gasteiger partial charge in [-0.1, -0.05) is 0 Å². The van der Waals surface area contributed by atoms with Crippen LogP contribution in [0.4, 0.5) is 5.82 Å². The van der Waals surface area contributed by atoms with Crippen molar-refractivity contribution in [1.29, 1.82) is 0 Å². The van der Waals surface area contributed by atoms with Crippen LogP contribution in [0.25, 0.3) is 0 Å². The highest BCUT2D eigenvalue weighted by Gasteiger charge is 2.20. The predicted octanol–water partition coefficient (Wildman–Crippen LogP) is 2.26. The van der Waals surface area contributed by atoms with Crippen LogP contribution in [0.1, 0.15) is 18.5 Å². The molecular formula is C9H12ClN3. The van der Waals surface area contributed by atoms with Gasteiger partial charge in [-0.05, 0) is 37.3 Å². The maximum Gasteiger partial charge on any atom is 0.224 e. The minimum atomic E-state index is 0.318. The molecule has 0 atom stereocenters. The molecular weight excluding hydrogens is 186 g/mol. The number of halogens is 1. The maximum atomic E-state index is 5.72. The summed E-state index contributed by atoms with van der Waals surface area (Å²) in [6.45, 7) is 2.92. The Balaban J connectivity index is 2.01. The van der Waals surface area contributed by atoms with E-state index in [4.69, 9.17) is 11.6 Å². The van der Waals surface area contributed by atoms with Crippen LogP contribution < -0.4 is 5.32 Å². The van der Waals surface area contributed by atoms with Gasteiger partial charge in [0.25, 0.3) is 0 Å². The number of nitrogens with one attached hydrogen (secondary N) is 1. The monoisotopic (exact) mass is 197 g/mol. The first-order valence-electron chi connectivity index (χ1n) is 4.49. The summed E-state index contributed by atoms with van der Waals surface area (Å²) < 4.78 is 0. The van der Waals surface area contributed by atoms with Crippen molar-refractivity contribution in [1.82, 2.24) is 9.97 Å². The second kappa shape index (κ2) is 3.50. The van der Waals surface area contributed by atoms with E-state index < -0.39 is 0 Å². The number of aryl methyl sites for hydroxylation is 1. The smallest absolute Gasteiger partial charge is 0.224 e. The fourth-order valence-corrected chi connectivity index (χ4v) is 1.42. The number of anilines is 1. The van der Waals surface area contributed by atoms with Crippen molar-refractivity contribution in [2.24, 2.45) is 5.92 Å². The molecule has 1 saturated carbocycles. The lowest BCUT2D eigenvalue weighted by atomic mass is 10.4. The zero-order valence-electron chi connectivity index (χ0n) is 7.55. The molecule has 0 aliphatic heterocycles. The van der Waals surface area contributed by atoms with Crippen LogP contribution in [-0.2, 0) is 0 Å². The molecule has 1 heterocycles. The summed E-state index contributed by atoms with van der Waals surface area (Å²) in [6, 6.07) is 1.91. The normalized spacial score (nSPS) is 15.8. The minimum absolute atomic E-state index is 0.318. The van der Waals surface area contributed by atoms with E-state index in [-0.39, 0.29) is 0 Å². The topological polar surface area (TPSA) is 37.8 Å². The lowest BCUT2D eigenvalue weighted by molar-refractivity contribution is 0.880. The van der Waals surface area contributed by atoms with E-state index in [1.54, 1.807) is 0 Å². The average molecular weight is 198 g/mol. The molecule has 0 amide bonds. The van der Waals surface area contributed by atoms with Crippen molar-refractivity contribution in [3.05, 3.63) is 17.0 Å². The molecule has 0 spiro atoms. The Hall–Kier alpha value is -0.830. The van der Waals surface area contributed by atoms with E-state index in [0.29, 0.717) is 5.28 Å². The molecule has 1 aliphatic carbocycles. The van der Waals surface area contributed by atoms with Crippen molar-refractivity contribution in [3.8, 4) is 0 Å². The van der Waals surface area contributed by atoms with Gasteiger partial charge >= 0.3 is 0 Å². The Morgan fingerprint density at radius 3 is 2.92 bits per heavy atom. The molecule has 1 aromatic rings. The van der Waals surface area contributed by atoms with Crippen molar-refractivity contribution in [3.63, 3.8) is 0 Å². The second-order valence-electron chi connectivity index (χ2n) is 3.49. The lowest BCUT2D eigenvalue weighted by Crippen LogP contribution is -2.05.